The lowest BCUT2D eigenvalue weighted by Gasteiger charge is -2.15. The van der Waals surface area contributed by atoms with Gasteiger partial charge in [-0.1, -0.05) is 62.7 Å². The maximum absolute atomic E-state index is 3.59. The Morgan fingerprint density at radius 2 is 1.72 bits per heavy atom. The Hall–Kier alpha value is -0.340. The summed E-state index contributed by atoms with van der Waals surface area (Å²) in [6.07, 6.45) is 0. The van der Waals surface area contributed by atoms with E-state index in [0.717, 1.165) is 11.0 Å². The zero-order chi connectivity index (χ0) is 13.6. The summed E-state index contributed by atoms with van der Waals surface area (Å²) in [7, 11) is 0. The standard InChI is InChI=1S/C16H24BrN/c1-11(2)18-10-14-15(3,4)16(14,5)12-6-8-13(17)9-7-12/h6-9,11,14,18H,10H2,1-5H3. The highest BCUT2D eigenvalue weighted by molar-refractivity contribution is 9.10. The van der Waals surface area contributed by atoms with E-state index < -0.39 is 0 Å². The van der Waals surface area contributed by atoms with Crippen molar-refractivity contribution in [1.82, 2.24) is 5.32 Å². The Kier molecular flexibility index (Phi) is 3.63. The van der Waals surface area contributed by atoms with Gasteiger partial charge in [0.25, 0.3) is 0 Å². The monoisotopic (exact) mass is 309 g/mol. The zero-order valence-corrected chi connectivity index (χ0v) is 13.6. The molecule has 0 spiro atoms. The minimum absolute atomic E-state index is 0.301. The molecular formula is C16H24BrN. The van der Waals surface area contributed by atoms with Crippen LogP contribution in [0.15, 0.2) is 28.7 Å². The van der Waals surface area contributed by atoms with Gasteiger partial charge in [-0.15, -0.1) is 0 Å². The summed E-state index contributed by atoms with van der Waals surface area (Å²) in [5.41, 5.74) is 2.14. The van der Waals surface area contributed by atoms with Gasteiger partial charge in [0.15, 0.2) is 0 Å². The summed E-state index contributed by atoms with van der Waals surface area (Å²) < 4.78 is 1.16. The van der Waals surface area contributed by atoms with Crippen molar-refractivity contribution >= 4 is 15.9 Å². The molecule has 1 aromatic carbocycles. The number of rotatable bonds is 4. The fourth-order valence-electron chi connectivity index (χ4n) is 3.28. The first kappa shape index (κ1) is 14.1. The molecule has 100 valence electrons. The van der Waals surface area contributed by atoms with E-state index in [1.165, 1.54) is 5.56 Å². The first-order chi connectivity index (χ1) is 8.30. The van der Waals surface area contributed by atoms with Crippen LogP contribution in [0.25, 0.3) is 0 Å². The molecule has 2 rings (SSSR count). The van der Waals surface area contributed by atoms with Gasteiger partial charge in [-0.3, -0.25) is 0 Å². The van der Waals surface area contributed by atoms with E-state index in [0.29, 0.717) is 22.8 Å². The molecule has 1 aliphatic rings. The molecule has 2 atom stereocenters. The predicted octanol–water partition coefficient (Wildman–Crippen LogP) is 4.36. The van der Waals surface area contributed by atoms with Gasteiger partial charge in [-0.2, -0.15) is 0 Å². The van der Waals surface area contributed by atoms with Crippen molar-refractivity contribution in [2.45, 2.75) is 46.1 Å². The normalized spacial score (nSPS) is 29.6. The van der Waals surface area contributed by atoms with E-state index in [-0.39, 0.29) is 0 Å². The van der Waals surface area contributed by atoms with Gasteiger partial charge < -0.3 is 5.32 Å². The van der Waals surface area contributed by atoms with Crippen LogP contribution in [0.1, 0.15) is 40.2 Å². The van der Waals surface area contributed by atoms with Gasteiger partial charge in [-0.25, -0.2) is 0 Å². The van der Waals surface area contributed by atoms with Gasteiger partial charge in [0.05, 0.1) is 0 Å². The zero-order valence-electron chi connectivity index (χ0n) is 12.0. The maximum atomic E-state index is 3.59. The third-order valence-electron chi connectivity index (χ3n) is 5.00. The number of halogens is 1. The molecule has 0 heterocycles. The molecule has 18 heavy (non-hydrogen) atoms. The fraction of sp³-hybridized carbons (Fsp3) is 0.625. The average molecular weight is 310 g/mol. The molecule has 1 fully saturated rings. The molecule has 0 radical (unpaired) electrons. The molecule has 1 aromatic rings. The Labute approximate surface area is 119 Å². The molecule has 0 amide bonds. The van der Waals surface area contributed by atoms with E-state index >= 15 is 0 Å². The van der Waals surface area contributed by atoms with Crippen molar-refractivity contribution in [2.75, 3.05) is 6.54 Å². The van der Waals surface area contributed by atoms with Crippen molar-refractivity contribution < 1.29 is 0 Å². The Bertz CT molecular complexity index is 421. The Balaban J connectivity index is 2.18. The van der Waals surface area contributed by atoms with E-state index in [1.807, 2.05) is 0 Å². The molecular weight excluding hydrogens is 286 g/mol. The SMILES string of the molecule is CC(C)NCC1C(C)(C)C1(C)c1ccc(Br)cc1. The van der Waals surface area contributed by atoms with E-state index in [1.54, 1.807) is 0 Å². The van der Waals surface area contributed by atoms with Crippen molar-refractivity contribution in [2.24, 2.45) is 11.3 Å². The maximum Gasteiger partial charge on any atom is 0.0175 e. The highest BCUT2D eigenvalue weighted by atomic mass is 79.9. The molecule has 0 bridgehead atoms. The van der Waals surface area contributed by atoms with E-state index in [4.69, 9.17) is 0 Å². The smallest absolute Gasteiger partial charge is 0.0175 e. The predicted molar refractivity (Wildman–Crippen MR) is 81.9 cm³/mol. The second-order valence-corrected chi connectivity index (χ2v) is 7.46. The quantitative estimate of drug-likeness (QED) is 0.871. The number of hydrogen-bond acceptors (Lipinski definition) is 1. The van der Waals surface area contributed by atoms with Gasteiger partial charge in [0.2, 0.25) is 0 Å². The number of benzene rings is 1. The summed E-state index contributed by atoms with van der Waals surface area (Å²) in [5, 5.41) is 3.59. The Morgan fingerprint density at radius 3 is 2.22 bits per heavy atom. The summed E-state index contributed by atoms with van der Waals surface area (Å²) >= 11 is 3.51. The summed E-state index contributed by atoms with van der Waals surface area (Å²) in [5.74, 6) is 0.716. The molecule has 2 heteroatoms. The first-order valence-electron chi connectivity index (χ1n) is 6.79. The van der Waals surface area contributed by atoms with Crippen molar-refractivity contribution in [3.8, 4) is 0 Å². The summed E-state index contributed by atoms with van der Waals surface area (Å²) in [6, 6.07) is 9.40. The number of hydrogen-bond donors (Lipinski definition) is 1. The lowest BCUT2D eigenvalue weighted by molar-refractivity contribution is 0.489. The van der Waals surface area contributed by atoms with Gasteiger partial charge in [-0.05, 0) is 35.6 Å². The van der Waals surface area contributed by atoms with Crippen LogP contribution in [0.3, 0.4) is 0 Å². The minimum atomic E-state index is 0.301. The van der Waals surface area contributed by atoms with Crippen molar-refractivity contribution in [3.63, 3.8) is 0 Å². The van der Waals surface area contributed by atoms with Gasteiger partial charge in [0, 0.05) is 15.9 Å². The van der Waals surface area contributed by atoms with Crippen LogP contribution < -0.4 is 5.32 Å². The second kappa shape index (κ2) is 4.64. The molecule has 1 N–H and O–H groups in total. The average Bonchev–Trinajstić information content (AvgIpc) is 2.72. The molecule has 0 aromatic heterocycles. The van der Waals surface area contributed by atoms with E-state index in [9.17, 15) is 0 Å². The van der Waals surface area contributed by atoms with Crippen LogP contribution in [-0.2, 0) is 5.41 Å². The first-order valence-corrected chi connectivity index (χ1v) is 7.59. The van der Waals surface area contributed by atoms with Crippen LogP contribution in [0.4, 0.5) is 0 Å². The van der Waals surface area contributed by atoms with Gasteiger partial charge in [0.1, 0.15) is 0 Å². The second-order valence-electron chi connectivity index (χ2n) is 6.55. The molecule has 0 aliphatic heterocycles. The highest BCUT2D eigenvalue weighted by Crippen LogP contribution is 2.68. The fourth-order valence-corrected chi connectivity index (χ4v) is 3.55. The molecule has 1 aliphatic carbocycles. The van der Waals surface area contributed by atoms with Crippen LogP contribution in [0.5, 0.6) is 0 Å². The van der Waals surface area contributed by atoms with Crippen molar-refractivity contribution in [3.05, 3.63) is 34.3 Å². The van der Waals surface area contributed by atoms with Crippen LogP contribution in [0.2, 0.25) is 0 Å². The summed E-state index contributed by atoms with van der Waals surface area (Å²) in [4.78, 5) is 0. The third-order valence-corrected chi connectivity index (χ3v) is 5.53. The lowest BCUT2D eigenvalue weighted by atomic mass is 9.90. The molecule has 1 saturated carbocycles. The van der Waals surface area contributed by atoms with Crippen LogP contribution in [0, 0.1) is 11.3 Å². The molecule has 2 unspecified atom stereocenters. The lowest BCUT2D eigenvalue weighted by Crippen LogP contribution is -2.27. The topological polar surface area (TPSA) is 12.0 Å². The minimum Gasteiger partial charge on any atom is -0.314 e. The van der Waals surface area contributed by atoms with E-state index in [2.05, 4.69) is 80.1 Å². The largest absolute Gasteiger partial charge is 0.314 e. The molecule has 1 nitrogen and oxygen atoms in total. The Morgan fingerprint density at radius 1 is 1.17 bits per heavy atom. The highest BCUT2D eigenvalue weighted by Gasteiger charge is 2.67. The molecule has 0 saturated heterocycles. The summed E-state index contributed by atoms with van der Waals surface area (Å²) in [6.45, 7) is 12.7. The third kappa shape index (κ3) is 2.14. The number of nitrogens with one attached hydrogen (secondary N) is 1. The van der Waals surface area contributed by atoms with Crippen LogP contribution >= 0.6 is 15.9 Å². The van der Waals surface area contributed by atoms with Crippen LogP contribution in [-0.4, -0.2) is 12.6 Å². The van der Waals surface area contributed by atoms with Crippen molar-refractivity contribution in [1.29, 1.82) is 0 Å². The van der Waals surface area contributed by atoms with Gasteiger partial charge >= 0.3 is 0 Å².